The van der Waals surface area contributed by atoms with E-state index in [0.29, 0.717) is 5.95 Å². The summed E-state index contributed by atoms with van der Waals surface area (Å²) < 4.78 is 11.8. The lowest BCUT2D eigenvalue weighted by Crippen LogP contribution is -2.03. The molecule has 0 saturated heterocycles. The van der Waals surface area contributed by atoms with E-state index in [0.717, 1.165) is 76.9 Å². The van der Waals surface area contributed by atoms with Gasteiger partial charge in [-0.2, -0.15) is 0 Å². The minimum atomic E-state index is 0.611. The first-order chi connectivity index (χ1) is 28.3. The Labute approximate surface area is 329 Å². The molecule has 0 amide bonds. The van der Waals surface area contributed by atoms with Crippen molar-refractivity contribution in [1.29, 1.82) is 0 Å². The molecule has 5 heteroatoms. The second-order valence-electron chi connectivity index (χ2n) is 14.9. The van der Waals surface area contributed by atoms with E-state index in [2.05, 4.69) is 180 Å². The summed E-state index contributed by atoms with van der Waals surface area (Å²) in [5, 5.41) is 12.9. The Bertz CT molecular complexity index is 3820. The van der Waals surface area contributed by atoms with E-state index >= 15 is 0 Å². The lowest BCUT2D eigenvalue weighted by atomic mass is 9.97. The number of hydrogen-bond donors (Lipinski definition) is 0. The van der Waals surface area contributed by atoms with Gasteiger partial charge in [-0.3, -0.25) is 4.57 Å². The van der Waals surface area contributed by atoms with E-state index in [4.69, 9.17) is 14.4 Å². The van der Waals surface area contributed by atoms with E-state index in [1.54, 1.807) is 0 Å². The topological polar surface area (TPSA) is 43.9 Å². The van der Waals surface area contributed by atoms with Gasteiger partial charge in [-0.05, 0) is 69.1 Å². The molecule has 0 atom stereocenters. The SMILES string of the molecule is c1ccc(-c2ccc3oc4c(c3c2)c2ccccc2c2c3ccccc3n(-c3nc(-c5ccc6c(c5)sc5ccc7ccccc7c56)c5ccccc5n3)c42)cc1. The number of aromatic nitrogens is 3. The highest BCUT2D eigenvalue weighted by molar-refractivity contribution is 7.26. The minimum absolute atomic E-state index is 0.611. The Morgan fingerprint density at radius 3 is 2.04 bits per heavy atom. The number of furan rings is 1. The fraction of sp³-hybridized carbons (Fsp3) is 0. The molecule has 0 bridgehead atoms. The first kappa shape index (κ1) is 30.9. The molecule has 4 aromatic heterocycles. The van der Waals surface area contributed by atoms with Crippen molar-refractivity contribution in [1.82, 2.24) is 14.5 Å². The van der Waals surface area contributed by atoms with E-state index in [1.165, 1.54) is 41.9 Å². The fourth-order valence-electron chi connectivity index (χ4n) is 9.27. The summed E-state index contributed by atoms with van der Waals surface area (Å²) in [5.74, 6) is 0.611. The van der Waals surface area contributed by atoms with Crippen molar-refractivity contribution in [3.05, 3.63) is 176 Å². The maximum absolute atomic E-state index is 6.99. The third-order valence-corrected chi connectivity index (χ3v) is 12.9. The van der Waals surface area contributed by atoms with Gasteiger partial charge in [0.2, 0.25) is 5.95 Å². The van der Waals surface area contributed by atoms with Gasteiger partial charge in [-0.15, -0.1) is 11.3 Å². The molecule has 0 unspecified atom stereocenters. The molecule has 4 heterocycles. The Morgan fingerprint density at radius 2 is 1.16 bits per heavy atom. The molecule has 0 spiro atoms. The first-order valence-corrected chi connectivity index (χ1v) is 20.1. The van der Waals surface area contributed by atoms with Gasteiger partial charge < -0.3 is 4.42 Å². The monoisotopic (exact) mass is 743 g/mol. The number of para-hydroxylation sites is 2. The summed E-state index contributed by atoms with van der Waals surface area (Å²) in [6.45, 7) is 0. The molecule has 57 heavy (non-hydrogen) atoms. The zero-order valence-corrected chi connectivity index (χ0v) is 31.2. The van der Waals surface area contributed by atoms with Crippen LogP contribution in [0.1, 0.15) is 0 Å². The average molecular weight is 744 g/mol. The predicted molar refractivity (Wildman–Crippen MR) is 240 cm³/mol. The molecular weight excluding hydrogens is 715 g/mol. The van der Waals surface area contributed by atoms with Crippen LogP contribution in [0.4, 0.5) is 0 Å². The number of fused-ring (bicyclic) bond motifs is 16. The lowest BCUT2D eigenvalue weighted by Gasteiger charge is -2.12. The Morgan fingerprint density at radius 1 is 0.439 bits per heavy atom. The van der Waals surface area contributed by atoms with Crippen molar-refractivity contribution in [2.75, 3.05) is 0 Å². The third kappa shape index (κ3) is 4.37. The molecule has 13 aromatic rings. The van der Waals surface area contributed by atoms with Crippen LogP contribution in [-0.2, 0) is 0 Å². The van der Waals surface area contributed by atoms with Gasteiger partial charge in [0.15, 0.2) is 5.58 Å². The molecular formula is C52H29N3OS. The van der Waals surface area contributed by atoms with Crippen molar-refractivity contribution in [2.24, 2.45) is 0 Å². The van der Waals surface area contributed by atoms with Crippen LogP contribution in [0.3, 0.4) is 0 Å². The summed E-state index contributed by atoms with van der Waals surface area (Å²) in [5.41, 5.74) is 8.86. The largest absolute Gasteiger partial charge is 0.454 e. The molecule has 0 radical (unpaired) electrons. The number of rotatable bonds is 3. The van der Waals surface area contributed by atoms with Crippen LogP contribution < -0.4 is 0 Å². The van der Waals surface area contributed by atoms with Crippen LogP contribution in [0.15, 0.2) is 180 Å². The molecule has 0 aliphatic carbocycles. The van der Waals surface area contributed by atoms with Crippen molar-refractivity contribution in [3.8, 4) is 28.3 Å². The van der Waals surface area contributed by atoms with Crippen LogP contribution in [0, 0.1) is 0 Å². The van der Waals surface area contributed by atoms with Gasteiger partial charge >= 0.3 is 0 Å². The van der Waals surface area contributed by atoms with Gasteiger partial charge in [0.05, 0.1) is 16.7 Å². The second-order valence-corrected chi connectivity index (χ2v) is 16.0. The zero-order valence-electron chi connectivity index (χ0n) is 30.4. The molecule has 264 valence electrons. The molecule has 0 aliphatic heterocycles. The maximum Gasteiger partial charge on any atom is 0.235 e. The predicted octanol–water partition coefficient (Wildman–Crippen LogP) is 14.6. The Hall–Kier alpha value is -7.34. The first-order valence-electron chi connectivity index (χ1n) is 19.2. The van der Waals surface area contributed by atoms with Gasteiger partial charge in [0.1, 0.15) is 11.1 Å². The molecule has 4 nitrogen and oxygen atoms in total. The summed E-state index contributed by atoms with van der Waals surface area (Å²) in [6, 6.07) is 62.8. The smallest absolute Gasteiger partial charge is 0.235 e. The van der Waals surface area contributed by atoms with Gasteiger partial charge in [0, 0.05) is 52.7 Å². The van der Waals surface area contributed by atoms with E-state index in [1.807, 2.05) is 11.3 Å². The number of thiophene rings is 1. The van der Waals surface area contributed by atoms with Crippen LogP contribution in [0.5, 0.6) is 0 Å². The van der Waals surface area contributed by atoms with Crippen LogP contribution in [-0.4, -0.2) is 14.5 Å². The highest BCUT2D eigenvalue weighted by Crippen LogP contribution is 2.47. The zero-order chi connectivity index (χ0) is 37.2. The van der Waals surface area contributed by atoms with Crippen LogP contribution >= 0.6 is 11.3 Å². The Kier molecular flexibility index (Phi) is 6.29. The molecule has 9 aromatic carbocycles. The van der Waals surface area contributed by atoms with E-state index < -0.39 is 0 Å². The van der Waals surface area contributed by atoms with Crippen molar-refractivity contribution in [3.63, 3.8) is 0 Å². The lowest BCUT2D eigenvalue weighted by molar-refractivity contribution is 0.671. The molecule has 0 N–H and O–H groups in total. The standard InChI is InChI=1S/C52H29N3OS/c1-2-12-30(13-3-1)32-23-26-43-40(28-32)48-36-17-7-6-16-35(36)47-38-19-9-11-21-42(38)55(50(47)51(48)56-43)52-53-41-20-10-8-18-37(41)49(54-52)33-22-25-39-45(29-33)57-44-27-24-31-14-4-5-15-34(31)46(39)44/h1-29H. The van der Waals surface area contributed by atoms with E-state index in [9.17, 15) is 0 Å². The summed E-state index contributed by atoms with van der Waals surface area (Å²) in [7, 11) is 0. The molecule has 0 saturated carbocycles. The summed E-state index contributed by atoms with van der Waals surface area (Å²) in [4.78, 5) is 10.9. The number of nitrogens with zero attached hydrogens (tertiary/aromatic N) is 3. The third-order valence-electron chi connectivity index (χ3n) is 11.8. The van der Waals surface area contributed by atoms with E-state index in [-0.39, 0.29) is 0 Å². The van der Waals surface area contributed by atoms with Crippen molar-refractivity contribution in [2.45, 2.75) is 0 Å². The van der Waals surface area contributed by atoms with Crippen LogP contribution in [0.2, 0.25) is 0 Å². The minimum Gasteiger partial charge on any atom is -0.454 e. The molecule has 0 fully saturated rings. The van der Waals surface area contributed by atoms with Crippen LogP contribution in [0.25, 0.3) is 125 Å². The quantitative estimate of drug-likeness (QED) is 0.181. The highest BCUT2D eigenvalue weighted by atomic mass is 32.1. The van der Waals surface area contributed by atoms with Gasteiger partial charge in [0.25, 0.3) is 0 Å². The second kappa shape index (κ2) is 11.6. The Balaban J connectivity index is 1.13. The molecule has 0 aliphatic rings. The normalized spacial score (nSPS) is 12.2. The summed E-state index contributed by atoms with van der Waals surface area (Å²) >= 11 is 1.84. The number of benzene rings is 9. The number of hydrogen-bond acceptors (Lipinski definition) is 4. The van der Waals surface area contributed by atoms with Gasteiger partial charge in [-0.25, -0.2) is 9.97 Å². The highest BCUT2D eigenvalue weighted by Gasteiger charge is 2.25. The van der Waals surface area contributed by atoms with Crippen molar-refractivity contribution >= 4 is 108 Å². The molecule has 13 rings (SSSR count). The average Bonchev–Trinajstić information content (AvgIpc) is 3.96. The summed E-state index contributed by atoms with van der Waals surface area (Å²) in [6.07, 6.45) is 0. The fourth-order valence-corrected chi connectivity index (χ4v) is 10.4. The van der Waals surface area contributed by atoms with Crippen molar-refractivity contribution < 1.29 is 4.42 Å². The van der Waals surface area contributed by atoms with Gasteiger partial charge in [-0.1, -0.05) is 140 Å². The maximum atomic E-state index is 6.99.